The molecule has 0 atom stereocenters. The van der Waals surface area contributed by atoms with E-state index in [2.05, 4.69) is 30.6 Å². The first-order chi connectivity index (χ1) is 14.8. The zero-order valence-corrected chi connectivity index (χ0v) is 16.2. The molecule has 1 aliphatic rings. The minimum absolute atomic E-state index is 0.224. The van der Waals surface area contributed by atoms with Crippen LogP contribution in [0.5, 0.6) is 0 Å². The molecule has 4 heterocycles. The fourth-order valence-corrected chi connectivity index (χ4v) is 3.61. The van der Waals surface area contributed by atoms with E-state index in [-0.39, 0.29) is 23.5 Å². The molecular formula is C22H20N6O2. The monoisotopic (exact) mass is 400 g/mol. The van der Waals surface area contributed by atoms with Gasteiger partial charge in [0.2, 0.25) is 5.95 Å². The molecule has 1 saturated heterocycles. The number of aromatic nitrogens is 4. The molecule has 4 aromatic rings. The minimum atomic E-state index is -0.387. The van der Waals surface area contributed by atoms with Crippen molar-refractivity contribution in [1.29, 1.82) is 0 Å². The molecule has 1 aromatic carbocycles. The summed E-state index contributed by atoms with van der Waals surface area (Å²) < 4.78 is 5.55. The molecule has 0 unspecified atom stereocenters. The summed E-state index contributed by atoms with van der Waals surface area (Å²) in [5, 5.41) is 6.91. The molecule has 3 aromatic heterocycles. The zero-order chi connectivity index (χ0) is 20.3. The summed E-state index contributed by atoms with van der Waals surface area (Å²) in [6.45, 7) is 1.86. The Kier molecular flexibility index (Phi) is 4.90. The molecule has 8 nitrogen and oxygen atoms in total. The van der Waals surface area contributed by atoms with E-state index in [9.17, 15) is 4.79 Å². The quantitative estimate of drug-likeness (QED) is 0.541. The summed E-state index contributed by atoms with van der Waals surface area (Å²) in [4.78, 5) is 29.9. The van der Waals surface area contributed by atoms with Crippen molar-refractivity contribution in [3.63, 3.8) is 0 Å². The van der Waals surface area contributed by atoms with Gasteiger partial charge < -0.3 is 9.73 Å². The summed E-state index contributed by atoms with van der Waals surface area (Å²) in [5.74, 6) is 0.696. The van der Waals surface area contributed by atoms with Crippen LogP contribution in [-0.2, 0) is 0 Å². The Bertz CT molecular complexity index is 1180. The molecule has 1 amide bonds. The average molecular weight is 400 g/mol. The van der Waals surface area contributed by atoms with Gasteiger partial charge in [-0.1, -0.05) is 18.2 Å². The summed E-state index contributed by atoms with van der Waals surface area (Å²) in [7, 11) is 0. The van der Waals surface area contributed by atoms with Crippen molar-refractivity contribution >= 4 is 22.8 Å². The topological polar surface area (TPSA) is 106 Å². The van der Waals surface area contributed by atoms with E-state index < -0.39 is 0 Å². The zero-order valence-electron chi connectivity index (χ0n) is 16.2. The molecule has 1 fully saturated rings. The molecule has 8 heteroatoms. The molecule has 0 spiro atoms. The number of oxazole rings is 1. The van der Waals surface area contributed by atoms with Crippen LogP contribution in [-0.4, -0.2) is 38.9 Å². The van der Waals surface area contributed by atoms with Gasteiger partial charge in [0.05, 0.1) is 5.52 Å². The lowest BCUT2D eigenvalue weighted by Gasteiger charge is -2.19. The van der Waals surface area contributed by atoms with Crippen molar-refractivity contribution in [1.82, 2.24) is 25.3 Å². The number of benzene rings is 1. The molecule has 5 rings (SSSR count). The normalized spacial score (nSPS) is 14.7. The van der Waals surface area contributed by atoms with Crippen molar-refractivity contribution in [3.05, 3.63) is 66.8 Å². The number of piperidine rings is 1. The van der Waals surface area contributed by atoms with Gasteiger partial charge in [-0.3, -0.25) is 15.1 Å². The van der Waals surface area contributed by atoms with Crippen LogP contribution in [0.4, 0.5) is 5.95 Å². The molecule has 0 saturated carbocycles. The van der Waals surface area contributed by atoms with Crippen molar-refractivity contribution in [2.75, 3.05) is 18.4 Å². The Labute approximate surface area is 172 Å². The van der Waals surface area contributed by atoms with Gasteiger partial charge in [0.1, 0.15) is 6.26 Å². The van der Waals surface area contributed by atoms with Crippen LogP contribution < -0.4 is 10.6 Å². The van der Waals surface area contributed by atoms with E-state index in [1.165, 1.54) is 6.26 Å². The fourth-order valence-electron chi connectivity index (χ4n) is 3.61. The summed E-state index contributed by atoms with van der Waals surface area (Å²) in [6.07, 6.45) is 8.53. The highest BCUT2D eigenvalue weighted by molar-refractivity contribution is 6.02. The molecule has 0 bridgehead atoms. The standard InChI is InChI=1S/C22H20N6O2/c29-20(19-13-30-21(26-19)14-5-8-23-9-6-14)28-22-25-12-17-4-3-15(10-18(17)27-22)16-2-1-7-24-11-16/h1-4,7,10-14,23H,5-6,8-9H2,(H,25,27,28,29). The van der Waals surface area contributed by atoms with Crippen LogP contribution in [0.25, 0.3) is 22.0 Å². The van der Waals surface area contributed by atoms with Crippen molar-refractivity contribution < 1.29 is 9.21 Å². The second-order valence-electron chi connectivity index (χ2n) is 7.26. The van der Waals surface area contributed by atoms with E-state index in [0.29, 0.717) is 5.89 Å². The maximum Gasteiger partial charge on any atom is 0.279 e. The van der Waals surface area contributed by atoms with E-state index in [1.807, 2.05) is 30.3 Å². The summed E-state index contributed by atoms with van der Waals surface area (Å²) in [5.41, 5.74) is 2.96. The third-order valence-electron chi connectivity index (χ3n) is 5.25. The maximum absolute atomic E-state index is 12.6. The number of nitrogens with one attached hydrogen (secondary N) is 2. The lowest BCUT2D eigenvalue weighted by atomic mass is 9.98. The number of hydrogen-bond donors (Lipinski definition) is 2. The summed E-state index contributed by atoms with van der Waals surface area (Å²) >= 11 is 0. The first-order valence-electron chi connectivity index (χ1n) is 9.91. The Morgan fingerprint density at radius 1 is 1.10 bits per heavy atom. The SMILES string of the molecule is O=C(Nc1ncc2ccc(-c3cccnc3)cc2n1)c1coc(C2CCNCC2)n1. The van der Waals surface area contributed by atoms with Crippen LogP contribution in [0.2, 0.25) is 0 Å². The Balaban J connectivity index is 1.36. The van der Waals surface area contributed by atoms with Gasteiger partial charge in [-0.2, -0.15) is 0 Å². The lowest BCUT2D eigenvalue weighted by molar-refractivity contribution is 0.102. The van der Waals surface area contributed by atoms with Gasteiger partial charge in [0, 0.05) is 35.5 Å². The van der Waals surface area contributed by atoms with E-state index in [1.54, 1.807) is 18.6 Å². The second kappa shape index (κ2) is 8.00. The Morgan fingerprint density at radius 2 is 2.00 bits per heavy atom. The Morgan fingerprint density at radius 3 is 2.83 bits per heavy atom. The van der Waals surface area contributed by atoms with Crippen molar-refractivity contribution in [3.8, 4) is 11.1 Å². The molecule has 2 N–H and O–H groups in total. The number of nitrogens with zero attached hydrogens (tertiary/aromatic N) is 4. The highest BCUT2D eigenvalue weighted by atomic mass is 16.3. The number of amides is 1. The predicted octanol–water partition coefficient (Wildman–Crippen LogP) is 3.40. The number of fused-ring (bicyclic) bond motifs is 1. The molecule has 0 radical (unpaired) electrons. The highest BCUT2D eigenvalue weighted by Gasteiger charge is 2.22. The van der Waals surface area contributed by atoms with Crippen LogP contribution in [0, 0.1) is 0 Å². The smallest absolute Gasteiger partial charge is 0.279 e. The number of rotatable bonds is 4. The largest absolute Gasteiger partial charge is 0.448 e. The average Bonchev–Trinajstić information content (AvgIpc) is 3.30. The Hall–Kier alpha value is -3.65. The number of carbonyl (C=O) groups is 1. The molecule has 30 heavy (non-hydrogen) atoms. The van der Waals surface area contributed by atoms with Crippen molar-refractivity contribution in [2.45, 2.75) is 18.8 Å². The maximum atomic E-state index is 12.6. The predicted molar refractivity (Wildman–Crippen MR) is 112 cm³/mol. The first kappa shape index (κ1) is 18.4. The number of carbonyl (C=O) groups excluding carboxylic acids is 1. The molecule has 1 aliphatic heterocycles. The third kappa shape index (κ3) is 3.77. The second-order valence-corrected chi connectivity index (χ2v) is 7.26. The first-order valence-corrected chi connectivity index (χ1v) is 9.91. The lowest BCUT2D eigenvalue weighted by Crippen LogP contribution is -2.26. The van der Waals surface area contributed by atoms with Crippen LogP contribution in [0.1, 0.15) is 35.1 Å². The number of anilines is 1. The van der Waals surface area contributed by atoms with E-state index >= 15 is 0 Å². The summed E-state index contributed by atoms with van der Waals surface area (Å²) in [6, 6.07) is 9.78. The number of pyridine rings is 1. The van der Waals surface area contributed by atoms with Gasteiger partial charge >= 0.3 is 0 Å². The minimum Gasteiger partial charge on any atom is -0.448 e. The van der Waals surface area contributed by atoms with Gasteiger partial charge in [0.15, 0.2) is 11.6 Å². The fraction of sp³-hybridized carbons (Fsp3) is 0.227. The molecule has 0 aliphatic carbocycles. The molecular weight excluding hydrogens is 380 g/mol. The van der Waals surface area contributed by atoms with E-state index in [4.69, 9.17) is 4.42 Å². The van der Waals surface area contributed by atoms with Crippen LogP contribution >= 0.6 is 0 Å². The van der Waals surface area contributed by atoms with Crippen LogP contribution in [0.3, 0.4) is 0 Å². The van der Waals surface area contributed by atoms with Gasteiger partial charge in [0.25, 0.3) is 5.91 Å². The van der Waals surface area contributed by atoms with Crippen LogP contribution in [0.15, 0.2) is 59.6 Å². The van der Waals surface area contributed by atoms with Crippen molar-refractivity contribution in [2.24, 2.45) is 0 Å². The van der Waals surface area contributed by atoms with Gasteiger partial charge in [-0.15, -0.1) is 0 Å². The third-order valence-corrected chi connectivity index (χ3v) is 5.25. The number of hydrogen-bond acceptors (Lipinski definition) is 7. The van der Waals surface area contributed by atoms with Gasteiger partial charge in [-0.05, 0) is 43.6 Å². The van der Waals surface area contributed by atoms with E-state index in [0.717, 1.165) is 48.0 Å². The van der Waals surface area contributed by atoms with Gasteiger partial charge in [-0.25, -0.2) is 15.0 Å². The molecule has 150 valence electrons. The highest BCUT2D eigenvalue weighted by Crippen LogP contribution is 2.25.